The van der Waals surface area contributed by atoms with E-state index < -0.39 is 0 Å². The summed E-state index contributed by atoms with van der Waals surface area (Å²) in [6, 6.07) is 28.4. The lowest BCUT2D eigenvalue weighted by Gasteiger charge is -2.23. The van der Waals surface area contributed by atoms with E-state index in [0.29, 0.717) is 0 Å². The Morgan fingerprint density at radius 2 is 1.71 bits per heavy atom. The van der Waals surface area contributed by atoms with Crippen LogP contribution < -0.4 is 10.2 Å². The van der Waals surface area contributed by atoms with Crippen LogP contribution in [-0.4, -0.2) is 24.8 Å². The van der Waals surface area contributed by atoms with Crippen LogP contribution in [0.2, 0.25) is 0 Å². The van der Waals surface area contributed by atoms with Gasteiger partial charge in [-0.3, -0.25) is 9.98 Å². The zero-order chi connectivity index (χ0) is 27.3. The fourth-order valence-electron chi connectivity index (χ4n) is 6.00. The van der Waals surface area contributed by atoms with Crippen molar-refractivity contribution in [3.63, 3.8) is 0 Å². The van der Waals surface area contributed by atoms with E-state index in [1.165, 1.54) is 43.3 Å². The molecule has 0 spiro atoms. The van der Waals surface area contributed by atoms with Crippen LogP contribution in [0.5, 0.6) is 0 Å². The molecule has 2 aliphatic rings. The molecule has 0 radical (unpaired) electrons. The first kappa shape index (κ1) is 23.9. The zero-order valence-electron chi connectivity index (χ0n) is 22.3. The van der Waals surface area contributed by atoms with Crippen LogP contribution in [0.1, 0.15) is 11.1 Å². The third-order valence-corrected chi connectivity index (χ3v) is 9.16. The monoisotopic (exact) mass is 546 g/mol. The number of nitrogens with zero attached hydrogens (tertiary/aromatic N) is 3. The van der Waals surface area contributed by atoms with Gasteiger partial charge < -0.3 is 10.2 Å². The Morgan fingerprint density at radius 1 is 0.854 bits per heavy atom. The maximum Gasteiger partial charge on any atom is 0.123 e. The summed E-state index contributed by atoms with van der Waals surface area (Å²) in [6.07, 6.45) is 12.9. The van der Waals surface area contributed by atoms with Gasteiger partial charge in [0, 0.05) is 46.5 Å². The van der Waals surface area contributed by atoms with Crippen LogP contribution in [-0.2, 0) is 0 Å². The van der Waals surface area contributed by atoms with Crippen LogP contribution in [0.25, 0.3) is 54.5 Å². The van der Waals surface area contributed by atoms with Gasteiger partial charge >= 0.3 is 0 Å². The number of aliphatic imine (C=N–C) groups is 1. The molecule has 0 bridgehead atoms. The minimum atomic E-state index is 0.810. The molecule has 8 rings (SSSR count). The van der Waals surface area contributed by atoms with Gasteiger partial charge in [0.25, 0.3) is 0 Å². The number of fused-ring (bicyclic) bond motifs is 5. The molecule has 4 nitrogen and oxygen atoms in total. The summed E-state index contributed by atoms with van der Waals surface area (Å²) in [4.78, 5) is 11.4. The topological polar surface area (TPSA) is 40.5 Å². The Hall–Kier alpha value is -5.00. The molecule has 0 unspecified atom stereocenters. The number of aromatic nitrogens is 1. The lowest BCUT2D eigenvalue weighted by atomic mass is 9.92. The maximum absolute atomic E-state index is 4.66. The third-order valence-electron chi connectivity index (χ3n) is 7.97. The molecule has 0 aliphatic carbocycles. The molecule has 196 valence electrons. The zero-order valence-corrected chi connectivity index (χ0v) is 23.2. The number of hydrogen-bond acceptors (Lipinski definition) is 5. The molecule has 0 fully saturated rings. The van der Waals surface area contributed by atoms with Crippen molar-refractivity contribution >= 4 is 77.8 Å². The molecule has 4 aromatic carbocycles. The van der Waals surface area contributed by atoms with Gasteiger partial charge in [-0.1, -0.05) is 72.8 Å². The second kappa shape index (κ2) is 9.58. The van der Waals surface area contributed by atoms with E-state index in [1.54, 1.807) is 11.3 Å². The number of nitrogens with one attached hydrogen (secondary N) is 1. The second-order valence-electron chi connectivity index (χ2n) is 10.4. The molecular weight excluding hydrogens is 520 g/mol. The Labute approximate surface area is 242 Å². The number of rotatable bonds is 4. The summed E-state index contributed by atoms with van der Waals surface area (Å²) in [6.45, 7) is 5.50. The SMILES string of the molecule is C=Nc1c(N2C=C(c3ccc4cc(-c5cc6cccnc6c6c5C=CCN6)ccc4c3)C=CC2)sc2ccccc12. The van der Waals surface area contributed by atoms with E-state index in [0.717, 1.165) is 45.8 Å². The third kappa shape index (κ3) is 3.97. The fourth-order valence-corrected chi connectivity index (χ4v) is 7.14. The number of thiophene rings is 1. The van der Waals surface area contributed by atoms with E-state index in [2.05, 4.69) is 130 Å². The predicted octanol–water partition coefficient (Wildman–Crippen LogP) is 9.46. The van der Waals surface area contributed by atoms with Gasteiger partial charge in [-0.15, -0.1) is 11.3 Å². The van der Waals surface area contributed by atoms with Crippen molar-refractivity contribution < 1.29 is 0 Å². The molecule has 41 heavy (non-hydrogen) atoms. The van der Waals surface area contributed by atoms with E-state index in [1.807, 2.05) is 12.3 Å². The number of allylic oxidation sites excluding steroid dienone is 2. The van der Waals surface area contributed by atoms with Crippen molar-refractivity contribution in [2.45, 2.75) is 0 Å². The van der Waals surface area contributed by atoms with Crippen LogP contribution in [0, 0.1) is 0 Å². The summed E-state index contributed by atoms with van der Waals surface area (Å²) >= 11 is 1.77. The Balaban J connectivity index is 1.18. The fraction of sp³-hybridized carbons (Fsp3) is 0.0556. The van der Waals surface area contributed by atoms with Gasteiger partial charge in [-0.2, -0.15) is 0 Å². The molecule has 0 atom stereocenters. The molecule has 6 aromatic rings. The minimum absolute atomic E-state index is 0.810. The quantitative estimate of drug-likeness (QED) is 0.224. The normalized spacial score (nSPS) is 14.3. The number of hydrogen-bond donors (Lipinski definition) is 1. The molecule has 0 saturated carbocycles. The Bertz CT molecular complexity index is 2110. The van der Waals surface area contributed by atoms with E-state index >= 15 is 0 Å². The lowest BCUT2D eigenvalue weighted by molar-refractivity contribution is 1.10. The van der Waals surface area contributed by atoms with Crippen LogP contribution in [0.4, 0.5) is 16.4 Å². The van der Waals surface area contributed by atoms with Gasteiger partial charge in [-0.25, -0.2) is 0 Å². The highest BCUT2D eigenvalue weighted by Crippen LogP contribution is 2.45. The highest BCUT2D eigenvalue weighted by Gasteiger charge is 2.19. The van der Waals surface area contributed by atoms with E-state index in [-0.39, 0.29) is 0 Å². The molecule has 2 aromatic heterocycles. The van der Waals surface area contributed by atoms with Crippen LogP contribution in [0.15, 0.2) is 114 Å². The van der Waals surface area contributed by atoms with Crippen LogP contribution in [0.3, 0.4) is 0 Å². The Morgan fingerprint density at radius 3 is 2.61 bits per heavy atom. The van der Waals surface area contributed by atoms with Gasteiger partial charge in [0.15, 0.2) is 0 Å². The number of anilines is 2. The van der Waals surface area contributed by atoms with Gasteiger partial charge in [-0.05, 0) is 70.1 Å². The first-order chi connectivity index (χ1) is 20.3. The van der Waals surface area contributed by atoms with Crippen molar-refractivity contribution in [2.24, 2.45) is 4.99 Å². The lowest BCUT2D eigenvalue weighted by Crippen LogP contribution is -2.17. The average molecular weight is 547 g/mol. The summed E-state index contributed by atoms with van der Waals surface area (Å²) < 4.78 is 1.23. The predicted molar refractivity (Wildman–Crippen MR) is 178 cm³/mol. The van der Waals surface area contributed by atoms with Gasteiger partial charge in [0.05, 0.1) is 11.2 Å². The first-order valence-electron chi connectivity index (χ1n) is 13.8. The summed E-state index contributed by atoms with van der Waals surface area (Å²) in [5, 5.41) is 9.43. The molecule has 4 heterocycles. The maximum atomic E-state index is 4.66. The molecule has 1 N–H and O–H groups in total. The van der Waals surface area contributed by atoms with Crippen molar-refractivity contribution in [3.05, 3.63) is 121 Å². The summed E-state index contributed by atoms with van der Waals surface area (Å²) in [7, 11) is 0. The molecule has 2 aliphatic heterocycles. The Kier molecular flexibility index (Phi) is 5.57. The first-order valence-corrected chi connectivity index (χ1v) is 14.6. The van der Waals surface area contributed by atoms with Crippen LogP contribution >= 0.6 is 11.3 Å². The van der Waals surface area contributed by atoms with Crippen molar-refractivity contribution in [1.29, 1.82) is 0 Å². The highest BCUT2D eigenvalue weighted by atomic mass is 32.1. The number of benzene rings is 4. The number of pyridine rings is 1. The smallest absolute Gasteiger partial charge is 0.123 e. The van der Waals surface area contributed by atoms with Crippen molar-refractivity contribution in [1.82, 2.24) is 4.98 Å². The van der Waals surface area contributed by atoms with Gasteiger partial charge in [0.2, 0.25) is 0 Å². The minimum Gasteiger partial charge on any atom is -0.379 e. The largest absolute Gasteiger partial charge is 0.379 e. The van der Waals surface area contributed by atoms with Gasteiger partial charge in [0.1, 0.15) is 10.7 Å². The standard InChI is InChI=1S/C36H26N4S/c1-37-35-30-9-2-3-11-32(30)41-36(35)40-18-6-8-28(22-40)25-13-12-24-20-26(15-14-23(24)19-25)31-21-27-7-4-16-38-33(27)34-29(31)10-5-17-39-34/h2-16,19-22,39H,1,17-18H2. The molecule has 5 heteroatoms. The summed E-state index contributed by atoms with van der Waals surface area (Å²) in [5.41, 5.74) is 9.10. The van der Waals surface area contributed by atoms with E-state index in [4.69, 9.17) is 0 Å². The second-order valence-corrected chi connectivity index (χ2v) is 11.4. The molecule has 0 saturated heterocycles. The highest BCUT2D eigenvalue weighted by molar-refractivity contribution is 7.23. The molecule has 0 amide bonds. The summed E-state index contributed by atoms with van der Waals surface area (Å²) in [5.74, 6) is 0. The van der Waals surface area contributed by atoms with E-state index in [9.17, 15) is 0 Å². The van der Waals surface area contributed by atoms with Crippen molar-refractivity contribution in [3.8, 4) is 11.1 Å². The molecular formula is C36H26N4S. The van der Waals surface area contributed by atoms with Crippen molar-refractivity contribution in [2.75, 3.05) is 23.3 Å². The average Bonchev–Trinajstić information content (AvgIpc) is 3.43.